The number of pyridine rings is 1. The second-order valence-electron chi connectivity index (χ2n) is 5.43. The number of fused-ring (bicyclic) bond motifs is 1. The van der Waals surface area contributed by atoms with Gasteiger partial charge < -0.3 is 9.73 Å². The Hall–Kier alpha value is -2.13. The monoisotopic (exact) mass is 280 g/mol. The van der Waals surface area contributed by atoms with Crippen LogP contribution in [0.5, 0.6) is 0 Å². The van der Waals surface area contributed by atoms with Gasteiger partial charge in [0.25, 0.3) is 0 Å². The molecular weight excluding hydrogens is 260 g/mol. The summed E-state index contributed by atoms with van der Waals surface area (Å²) in [5.41, 5.74) is 4.42. The van der Waals surface area contributed by atoms with E-state index in [1.165, 1.54) is 0 Å². The lowest BCUT2D eigenvalue weighted by molar-refractivity contribution is 0.475. The van der Waals surface area contributed by atoms with Gasteiger partial charge in [0.1, 0.15) is 11.3 Å². The van der Waals surface area contributed by atoms with Crippen molar-refractivity contribution in [3.63, 3.8) is 0 Å². The van der Waals surface area contributed by atoms with Crippen molar-refractivity contribution in [1.29, 1.82) is 0 Å². The number of rotatable bonds is 4. The predicted molar refractivity (Wildman–Crippen MR) is 85.4 cm³/mol. The molecule has 0 radical (unpaired) electrons. The van der Waals surface area contributed by atoms with Crippen molar-refractivity contribution in [2.75, 3.05) is 6.54 Å². The van der Waals surface area contributed by atoms with E-state index in [2.05, 4.69) is 61.4 Å². The van der Waals surface area contributed by atoms with Gasteiger partial charge in [0, 0.05) is 17.8 Å². The number of hydrogen-bond donors (Lipinski definition) is 1. The van der Waals surface area contributed by atoms with E-state index in [1.807, 2.05) is 12.4 Å². The number of aryl methyl sites for hydroxylation is 2. The van der Waals surface area contributed by atoms with Gasteiger partial charge in [0.05, 0.1) is 6.04 Å². The Morgan fingerprint density at radius 2 is 2.05 bits per heavy atom. The lowest BCUT2D eigenvalue weighted by atomic mass is 10.0. The first-order chi connectivity index (χ1) is 10.2. The average molecular weight is 280 g/mol. The van der Waals surface area contributed by atoms with Crippen LogP contribution in [-0.2, 0) is 0 Å². The molecule has 108 valence electrons. The first-order valence-corrected chi connectivity index (χ1v) is 7.33. The highest BCUT2D eigenvalue weighted by Gasteiger charge is 2.18. The van der Waals surface area contributed by atoms with Crippen molar-refractivity contribution in [2.45, 2.75) is 26.8 Å². The first kappa shape index (κ1) is 13.8. The van der Waals surface area contributed by atoms with Crippen LogP contribution in [0.2, 0.25) is 0 Å². The van der Waals surface area contributed by atoms with E-state index >= 15 is 0 Å². The van der Waals surface area contributed by atoms with Crippen LogP contribution in [0.15, 0.2) is 47.1 Å². The maximum Gasteiger partial charge on any atom is 0.137 e. The Labute approximate surface area is 125 Å². The topological polar surface area (TPSA) is 38.1 Å². The van der Waals surface area contributed by atoms with Crippen molar-refractivity contribution in [3.05, 3.63) is 65.2 Å². The van der Waals surface area contributed by atoms with E-state index in [0.717, 1.165) is 40.0 Å². The lowest BCUT2D eigenvalue weighted by Gasteiger charge is -2.16. The fourth-order valence-electron chi connectivity index (χ4n) is 2.69. The Kier molecular flexibility index (Phi) is 3.76. The van der Waals surface area contributed by atoms with Crippen LogP contribution in [0.25, 0.3) is 11.0 Å². The van der Waals surface area contributed by atoms with Crippen molar-refractivity contribution in [1.82, 2.24) is 10.3 Å². The van der Waals surface area contributed by atoms with E-state index in [4.69, 9.17) is 4.42 Å². The van der Waals surface area contributed by atoms with Crippen molar-refractivity contribution in [3.8, 4) is 0 Å². The molecule has 0 aliphatic carbocycles. The minimum atomic E-state index is 0.0363. The first-order valence-electron chi connectivity index (χ1n) is 7.33. The SMILES string of the molecule is CCNC(c1cncc(C)c1)c1cc2cccc(C)c2o1. The predicted octanol–water partition coefficient (Wildman–Crippen LogP) is 4.14. The number of nitrogens with one attached hydrogen (secondary N) is 1. The van der Waals surface area contributed by atoms with Crippen molar-refractivity contribution in [2.24, 2.45) is 0 Å². The van der Waals surface area contributed by atoms with E-state index in [0.29, 0.717) is 0 Å². The second kappa shape index (κ2) is 5.70. The third kappa shape index (κ3) is 2.69. The molecule has 0 amide bonds. The highest BCUT2D eigenvalue weighted by atomic mass is 16.3. The van der Waals surface area contributed by atoms with Gasteiger partial charge in [0.2, 0.25) is 0 Å². The number of aromatic nitrogens is 1. The van der Waals surface area contributed by atoms with Crippen molar-refractivity contribution >= 4 is 11.0 Å². The highest BCUT2D eigenvalue weighted by Crippen LogP contribution is 2.29. The normalized spacial score (nSPS) is 12.7. The second-order valence-corrected chi connectivity index (χ2v) is 5.43. The number of hydrogen-bond acceptors (Lipinski definition) is 3. The van der Waals surface area contributed by atoms with Gasteiger partial charge in [-0.15, -0.1) is 0 Å². The molecule has 2 heterocycles. The van der Waals surface area contributed by atoms with Crippen molar-refractivity contribution < 1.29 is 4.42 Å². The lowest BCUT2D eigenvalue weighted by Crippen LogP contribution is -2.21. The zero-order valence-electron chi connectivity index (χ0n) is 12.7. The Balaban J connectivity index is 2.09. The van der Waals surface area contributed by atoms with Crippen LogP contribution in [0.3, 0.4) is 0 Å². The molecule has 0 spiro atoms. The minimum absolute atomic E-state index is 0.0363. The van der Waals surface area contributed by atoms with Crippen LogP contribution in [-0.4, -0.2) is 11.5 Å². The summed E-state index contributed by atoms with van der Waals surface area (Å²) < 4.78 is 6.12. The maximum absolute atomic E-state index is 6.12. The summed E-state index contributed by atoms with van der Waals surface area (Å²) in [4.78, 5) is 4.30. The molecule has 3 nitrogen and oxygen atoms in total. The highest BCUT2D eigenvalue weighted by molar-refractivity contribution is 5.81. The zero-order valence-corrected chi connectivity index (χ0v) is 12.7. The molecule has 0 aliphatic rings. The van der Waals surface area contributed by atoms with Crippen LogP contribution in [0, 0.1) is 13.8 Å². The molecule has 1 unspecified atom stereocenters. The number of para-hydroxylation sites is 1. The van der Waals surface area contributed by atoms with Gasteiger partial charge in [-0.25, -0.2) is 0 Å². The molecule has 0 fully saturated rings. The van der Waals surface area contributed by atoms with Crippen LogP contribution >= 0.6 is 0 Å². The molecular formula is C18H20N2O. The maximum atomic E-state index is 6.12. The van der Waals surface area contributed by atoms with Gasteiger partial charge in [0.15, 0.2) is 0 Å². The molecule has 0 saturated heterocycles. The third-order valence-electron chi connectivity index (χ3n) is 3.68. The molecule has 0 saturated carbocycles. The van der Waals surface area contributed by atoms with E-state index < -0.39 is 0 Å². The summed E-state index contributed by atoms with van der Waals surface area (Å²) in [5, 5.41) is 4.64. The molecule has 21 heavy (non-hydrogen) atoms. The van der Waals surface area contributed by atoms with Crippen LogP contribution in [0.4, 0.5) is 0 Å². The molecule has 2 aromatic heterocycles. The molecule has 1 atom stereocenters. The van der Waals surface area contributed by atoms with E-state index in [9.17, 15) is 0 Å². The van der Waals surface area contributed by atoms with Crippen LogP contribution in [0.1, 0.15) is 35.4 Å². The zero-order chi connectivity index (χ0) is 14.8. The smallest absolute Gasteiger partial charge is 0.137 e. The van der Waals surface area contributed by atoms with Gasteiger partial charge in [-0.05, 0) is 43.1 Å². The summed E-state index contributed by atoms with van der Waals surface area (Å²) in [6, 6.07) is 10.5. The molecule has 0 bridgehead atoms. The summed E-state index contributed by atoms with van der Waals surface area (Å²) >= 11 is 0. The Morgan fingerprint density at radius 1 is 1.19 bits per heavy atom. The van der Waals surface area contributed by atoms with Gasteiger partial charge in [-0.1, -0.05) is 31.2 Å². The average Bonchev–Trinajstić information content (AvgIpc) is 2.90. The quantitative estimate of drug-likeness (QED) is 0.780. The molecule has 3 heteroatoms. The molecule has 0 aliphatic heterocycles. The molecule has 3 aromatic rings. The summed E-state index contributed by atoms with van der Waals surface area (Å²) in [6.45, 7) is 7.10. The number of furan rings is 1. The van der Waals surface area contributed by atoms with E-state index in [-0.39, 0.29) is 6.04 Å². The Morgan fingerprint density at radius 3 is 2.76 bits per heavy atom. The standard InChI is InChI=1S/C18H20N2O/c1-4-20-17(15-8-12(2)10-19-11-15)16-9-14-7-5-6-13(3)18(14)21-16/h5-11,17,20H,4H2,1-3H3. The molecule has 1 aromatic carbocycles. The number of benzene rings is 1. The van der Waals surface area contributed by atoms with Crippen LogP contribution < -0.4 is 5.32 Å². The third-order valence-corrected chi connectivity index (χ3v) is 3.68. The summed E-state index contributed by atoms with van der Waals surface area (Å²) in [5.74, 6) is 0.938. The fourth-order valence-corrected chi connectivity index (χ4v) is 2.69. The van der Waals surface area contributed by atoms with Gasteiger partial charge in [-0.3, -0.25) is 4.98 Å². The summed E-state index contributed by atoms with van der Waals surface area (Å²) in [7, 11) is 0. The Bertz CT molecular complexity index is 761. The molecule has 1 N–H and O–H groups in total. The minimum Gasteiger partial charge on any atom is -0.459 e. The summed E-state index contributed by atoms with van der Waals surface area (Å²) in [6.07, 6.45) is 3.77. The molecule has 3 rings (SSSR count). The number of nitrogens with zero attached hydrogens (tertiary/aromatic N) is 1. The van der Waals surface area contributed by atoms with Gasteiger partial charge in [-0.2, -0.15) is 0 Å². The van der Waals surface area contributed by atoms with Gasteiger partial charge >= 0.3 is 0 Å². The fraction of sp³-hybridized carbons (Fsp3) is 0.278. The largest absolute Gasteiger partial charge is 0.459 e. The van der Waals surface area contributed by atoms with E-state index in [1.54, 1.807) is 0 Å².